The Hall–Kier alpha value is -1.63. The van der Waals surface area contributed by atoms with Gasteiger partial charge in [-0.05, 0) is 25.0 Å². The molecule has 5 nitrogen and oxygen atoms in total. The zero-order valence-electron chi connectivity index (χ0n) is 10.1. The number of sulfone groups is 1. The molecule has 19 heavy (non-hydrogen) atoms. The highest BCUT2D eigenvalue weighted by Crippen LogP contribution is 2.21. The maximum absolute atomic E-state index is 13.4. The van der Waals surface area contributed by atoms with Crippen LogP contribution in [0.15, 0.2) is 18.2 Å². The molecule has 2 rings (SSSR count). The van der Waals surface area contributed by atoms with E-state index in [1.54, 1.807) is 0 Å². The zero-order valence-corrected chi connectivity index (χ0v) is 10.9. The molecular formula is C12H14FNO4S. The van der Waals surface area contributed by atoms with Crippen LogP contribution in [0.4, 0.5) is 4.39 Å². The van der Waals surface area contributed by atoms with Crippen molar-refractivity contribution in [2.45, 2.75) is 18.1 Å². The van der Waals surface area contributed by atoms with E-state index in [1.807, 2.05) is 0 Å². The first-order chi connectivity index (χ1) is 8.92. The number of aromatic hydroxyl groups is 1. The topological polar surface area (TPSA) is 83.5 Å². The molecular weight excluding hydrogens is 273 g/mol. The third kappa shape index (κ3) is 2.86. The van der Waals surface area contributed by atoms with Crippen molar-refractivity contribution in [3.8, 4) is 5.75 Å². The van der Waals surface area contributed by atoms with Crippen LogP contribution in [0.25, 0.3) is 0 Å². The summed E-state index contributed by atoms with van der Waals surface area (Å²) in [7, 11) is -3.16. The lowest BCUT2D eigenvalue weighted by Gasteiger charge is -2.11. The third-order valence-electron chi connectivity index (χ3n) is 3.17. The van der Waals surface area contributed by atoms with Gasteiger partial charge in [0.05, 0.1) is 11.0 Å². The summed E-state index contributed by atoms with van der Waals surface area (Å²) in [5.74, 6) is -1.99. The molecule has 2 N–H and O–H groups in total. The van der Waals surface area contributed by atoms with Crippen molar-refractivity contribution < 1.29 is 22.7 Å². The van der Waals surface area contributed by atoms with Gasteiger partial charge in [-0.2, -0.15) is 0 Å². The van der Waals surface area contributed by atoms with E-state index in [4.69, 9.17) is 0 Å². The third-order valence-corrected chi connectivity index (χ3v) is 5.45. The molecule has 1 aromatic carbocycles. The van der Waals surface area contributed by atoms with E-state index < -0.39 is 38.1 Å². The van der Waals surface area contributed by atoms with Gasteiger partial charge in [-0.1, -0.05) is 6.07 Å². The zero-order chi connectivity index (χ0) is 14.0. The van der Waals surface area contributed by atoms with Crippen LogP contribution in [-0.2, 0) is 9.84 Å². The van der Waals surface area contributed by atoms with Crippen LogP contribution in [-0.4, -0.2) is 37.0 Å². The van der Waals surface area contributed by atoms with Gasteiger partial charge in [0.25, 0.3) is 5.91 Å². The molecule has 7 heteroatoms. The van der Waals surface area contributed by atoms with Crippen LogP contribution in [0.3, 0.4) is 0 Å². The first kappa shape index (κ1) is 13.8. The predicted octanol–water partition coefficient (Wildman–Crippen LogP) is 0.838. The average molecular weight is 287 g/mol. The van der Waals surface area contributed by atoms with Gasteiger partial charge in [-0.25, -0.2) is 12.8 Å². The maximum Gasteiger partial charge on any atom is 0.258 e. The van der Waals surface area contributed by atoms with E-state index in [0.29, 0.717) is 12.8 Å². The van der Waals surface area contributed by atoms with Crippen molar-refractivity contribution in [2.75, 3.05) is 12.3 Å². The molecule has 1 aliphatic rings. The molecule has 1 saturated heterocycles. The molecule has 1 heterocycles. The van der Waals surface area contributed by atoms with E-state index in [1.165, 1.54) is 12.1 Å². The fraction of sp³-hybridized carbons (Fsp3) is 0.417. The summed E-state index contributed by atoms with van der Waals surface area (Å²) in [6, 6.07) is 3.54. The normalized spacial score (nSPS) is 21.2. The Morgan fingerprint density at radius 1 is 1.47 bits per heavy atom. The largest absolute Gasteiger partial charge is 0.507 e. The minimum atomic E-state index is -3.16. The SMILES string of the molecule is O=C(NCC1CCCS1(=O)=O)c1c(O)cccc1F. The van der Waals surface area contributed by atoms with Gasteiger partial charge in [-0.15, -0.1) is 0 Å². The average Bonchev–Trinajstić information content (AvgIpc) is 2.65. The molecule has 1 amide bonds. The molecule has 0 aromatic heterocycles. The number of hydrogen-bond acceptors (Lipinski definition) is 4. The summed E-state index contributed by atoms with van der Waals surface area (Å²) in [4.78, 5) is 11.7. The first-order valence-corrected chi connectivity index (χ1v) is 7.60. The summed E-state index contributed by atoms with van der Waals surface area (Å²) in [5.41, 5.74) is -0.460. The van der Waals surface area contributed by atoms with Gasteiger partial charge in [0.1, 0.15) is 17.1 Å². The minimum Gasteiger partial charge on any atom is -0.507 e. The van der Waals surface area contributed by atoms with Gasteiger partial charge >= 0.3 is 0 Å². The van der Waals surface area contributed by atoms with Gasteiger partial charge in [-0.3, -0.25) is 4.79 Å². The lowest BCUT2D eigenvalue weighted by Crippen LogP contribution is -2.35. The quantitative estimate of drug-likeness (QED) is 0.863. The standard InChI is InChI=1S/C12H14FNO4S/c13-9-4-1-5-10(15)11(9)12(16)14-7-8-3-2-6-19(8,17)18/h1,4-5,8,15H,2-3,6-7H2,(H,14,16). The maximum atomic E-state index is 13.4. The van der Waals surface area contributed by atoms with Crippen molar-refractivity contribution in [1.29, 1.82) is 0 Å². The second-order valence-corrected chi connectivity index (χ2v) is 6.88. The Morgan fingerprint density at radius 2 is 2.21 bits per heavy atom. The van der Waals surface area contributed by atoms with E-state index in [-0.39, 0.29) is 12.3 Å². The Bertz CT molecular complexity index is 579. The molecule has 0 aliphatic carbocycles. The van der Waals surface area contributed by atoms with Gasteiger partial charge < -0.3 is 10.4 Å². The van der Waals surface area contributed by atoms with Crippen molar-refractivity contribution >= 4 is 15.7 Å². The van der Waals surface area contributed by atoms with E-state index in [9.17, 15) is 22.7 Å². The smallest absolute Gasteiger partial charge is 0.258 e. The highest BCUT2D eigenvalue weighted by atomic mass is 32.2. The molecule has 0 saturated carbocycles. The van der Waals surface area contributed by atoms with Crippen molar-refractivity contribution in [3.05, 3.63) is 29.6 Å². The summed E-state index contributed by atoms with van der Waals surface area (Å²) in [6.07, 6.45) is 1.07. The second kappa shape index (κ2) is 5.16. The van der Waals surface area contributed by atoms with Crippen molar-refractivity contribution in [1.82, 2.24) is 5.32 Å². The summed E-state index contributed by atoms with van der Waals surface area (Å²) in [6.45, 7) is -0.0606. The van der Waals surface area contributed by atoms with Gasteiger partial charge in [0.2, 0.25) is 0 Å². The summed E-state index contributed by atoms with van der Waals surface area (Å²) in [5, 5.41) is 11.2. The summed E-state index contributed by atoms with van der Waals surface area (Å²) < 4.78 is 36.6. The fourth-order valence-electron chi connectivity index (χ4n) is 2.12. The van der Waals surface area contributed by atoms with Crippen LogP contribution < -0.4 is 5.32 Å². The van der Waals surface area contributed by atoms with Crippen LogP contribution in [0, 0.1) is 5.82 Å². The Kier molecular flexibility index (Phi) is 3.75. The molecule has 1 unspecified atom stereocenters. The number of nitrogens with one attached hydrogen (secondary N) is 1. The van der Waals surface area contributed by atoms with Gasteiger partial charge in [0.15, 0.2) is 9.84 Å². The number of rotatable bonds is 3. The highest BCUT2D eigenvalue weighted by molar-refractivity contribution is 7.92. The molecule has 0 spiro atoms. The first-order valence-electron chi connectivity index (χ1n) is 5.89. The van der Waals surface area contributed by atoms with Crippen LogP contribution in [0.1, 0.15) is 23.2 Å². The number of halogens is 1. The van der Waals surface area contributed by atoms with Crippen molar-refractivity contribution in [3.63, 3.8) is 0 Å². The lowest BCUT2D eigenvalue weighted by molar-refractivity contribution is 0.0946. The number of carbonyl (C=O) groups excluding carboxylic acids is 1. The Balaban J connectivity index is 2.06. The summed E-state index contributed by atoms with van der Waals surface area (Å²) >= 11 is 0. The molecule has 104 valence electrons. The molecule has 0 radical (unpaired) electrons. The lowest BCUT2D eigenvalue weighted by atomic mass is 10.1. The molecule has 1 atom stereocenters. The van der Waals surface area contributed by atoms with Crippen LogP contribution in [0.5, 0.6) is 5.75 Å². The number of phenolic OH excluding ortho intramolecular Hbond substituents is 1. The molecule has 1 fully saturated rings. The van der Waals surface area contributed by atoms with Gasteiger partial charge in [0, 0.05) is 6.54 Å². The molecule has 0 bridgehead atoms. The van der Waals surface area contributed by atoms with E-state index in [0.717, 1.165) is 6.07 Å². The predicted molar refractivity (Wildman–Crippen MR) is 67.2 cm³/mol. The Labute approximate surface area is 110 Å². The number of benzene rings is 1. The number of phenols is 1. The van der Waals surface area contributed by atoms with E-state index >= 15 is 0 Å². The fourth-order valence-corrected chi connectivity index (χ4v) is 3.89. The van der Waals surface area contributed by atoms with E-state index in [2.05, 4.69) is 5.32 Å². The minimum absolute atomic E-state index is 0.0606. The van der Waals surface area contributed by atoms with Crippen LogP contribution in [0.2, 0.25) is 0 Å². The second-order valence-electron chi connectivity index (χ2n) is 4.48. The van der Waals surface area contributed by atoms with Crippen molar-refractivity contribution in [2.24, 2.45) is 0 Å². The monoisotopic (exact) mass is 287 g/mol. The Morgan fingerprint density at radius 3 is 2.79 bits per heavy atom. The number of carbonyl (C=O) groups is 1. The number of amides is 1. The van der Waals surface area contributed by atoms with Crippen LogP contribution >= 0.6 is 0 Å². The highest BCUT2D eigenvalue weighted by Gasteiger charge is 2.31. The number of hydrogen-bond donors (Lipinski definition) is 2. The molecule has 1 aliphatic heterocycles. The molecule has 1 aromatic rings.